The molecule has 4 aromatic rings. The highest BCUT2D eigenvalue weighted by Crippen LogP contribution is 2.35. The van der Waals surface area contributed by atoms with Gasteiger partial charge in [0.2, 0.25) is 5.13 Å². The molecule has 0 spiro atoms. The summed E-state index contributed by atoms with van der Waals surface area (Å²) in [4.78, 5) is 13.3. The molecule has 0 saturated heterocycles. The van der Waals surface area contributed by atoms with Crippen molar-refractivity contribution >= 4 is 45.5 Å². The van der Waals surface area contributed by atoms with Crippen molar-refractivity contribution in [1.82, 2.24) is 15.2 Å². The summed E-state index contributed by atoms with van der Waals surface area (Å²) in [6.45, 7) is 0. The molecule has 1 aliphatic heterocycles. The minimum absolute atomic E-state index is 0.0745. The van der Waals surface area contributed by atoms with Crippen LogP contribution >= 0.6 is 23.1 Å². The number of nitrogens with one attached hydrogen (secondary N) is 1. The second kappa shape index (κ2) is 10.7. The molecule has 5 rings (SSSR count). The lowest BCUT2D eigenvalue weighted by molar-refractivity contribution is -0.130. The van der Waals surface area contributed by atoms with Gasteiger partial charge in [-0.15, -0.1) is 10.2 Å². The highest BCUT2D eigenvalue weighted by atomic mass is 32.2. The zero-order valence-corrected chi connectivity index (χ0v) is 20.6. The normalized spacial score (nSPS) is 15.1. The van der Waals surface area contributed by atoms with Crippen molar-refractivity contribution in [3.8, 4) is 5.75 Å². The second-order valence-electron chi connectivity index (χ2n) is 7.80. The molecule has 9 heteroatoms. The topological polar surface area (TPSA) is 79.7 Å². The largest absolute Gasteiger partial charge is 0.497 e. The number of thioether (sulfide) groups is 1. The number of hydrogen-bond donors (Lipinski definition) is 1. The Kier molecular flexibility index (Phi) is 7.06. The summed E-state index contributed by atoms with van der Waals surface area (Å²) in [6, 6.07) is 27.4. The standard InChI is InChI=1S/C26H23N5O2S2/c1-33-21-14-12-19(13-15-21)23-16-22(18-8-4-2-5-9-18)30-31(23)24(32)17-34-26-29-28-25(35-26)27-20-10-6-3-7-11-20/h2-15,23H,16-17H2,1H3,(H,27,28). The van der Waals surface area contributed by atoms with Crippen LogP contribution in [0, 0.1) is 0 Å². The number of carbonyl (C=O) groups excluding carboxylic acids is 1. The highest BCUT2D eigenvalue weighted by molar-refractivity contribution is 8.01. The maximum atomic E-state index is 13.3. The van der Waals surface area contributed by atoms with E-state index in [1.165, 1.54) is 23.1 Å². The smallest absolute Gasteiger partial charge is 0.253 e. The van der Waals surface area contributed by atoms with Gasteiger partial charge in [0.25, 0.3) is 5.91 Å². The van der Waals surface area contributed by atoms with Crippen molar-refractivity contribution in [3.05, 3.63) is 96.1 Å². The van der Waals surface area contributed by atoms with E-state index in [2.05, 4.69) is 15.5 Å². The third kappa shape index (κ3) is 5.52. The fraction of sp³-hybridized carbons (Fsp3) is 0.154. The quantitative estimate of drug-likeness (QED) is 0.309. The van der Waals surface area contributed by atoms with Crippen molar-refractivity contribution in [1.29, 1.82) is 0 Å². The zero-order chi connectivity index (χ0) is 24.0. The summed E-state index contributed by atoms with van der Waals surface area (Å²) in [5, 5.41) is 18.7. The first-order chi connectivity index (χ1) is 17.2. The molecule has 176 valence electrons. The molecule has 2 heterocycles. The summed E-state index contributed by atoms with van der Waals surface area (Å²) in [5.74, 6) is 0.924. The number of rotatable bonds is 8. The summed E-state index contributed by atoms with van der Waals surface area (Å²) in [6.07, 6.45) is 0.650. The van der Waals surface area contributed by atoms with E-state index in [4.69, 9.17) is 9.84 Å². The van der Waals surface area contributed by atoms with E-state index < -0.39 is 0 Å². The van der Waals surface area contributed by atoms with Gasteiger partial charge in [0, 0.05) is 12.1 Å². The molecule has 1 amide bonds. The number of benzene rings is 3. The Hall–Kier alpha value is -3.69. The van der Waals surface area contributed by atoms with E-state index in [9.17, 15) is 4.79 Å². The van der Waals surface area contributed by atoms with Gasteiger partial charge in [-0.05, 0) is 35.4 Å². The van der Waals surface area contributed by atoms with Gasteiger partial charge in [-0.1, -0.05) is 83.8 Å². The molecule has 0 saturated carbocycles. The molecule has 7 nitrogen and oxygen atoms in total. The van der Waals surface area contributed by atoms with E-state index in [1.54, 1.807) is 12.1 Å². The van der Waals surface area contributed by atoms with Crippen LogP contribution in [0.25, 0.3) is 0 Å². The number of nitrogens with zero attached hydrogens (tertiary/aromatic N) is 4. The molecule has 35 heavy (non-hydrogen) atoms. The van der Waals surface area contributed by atoms with Crippen LogP contribution < -0.4 is 10.1 Å². The molecule has 1 atom stereocenters. The molecule has 1 N–H and O–H groups in total. The number of hydrazone groups is 1. The molecule has 3 aromatic carbocycles. The SMILES string of the molecule is COc1ccc(C2CC(c3ccccc3)=NN2C(=O)CSc2nnc(Nc3ccccc3)s2)cc1. The predicted molar refractivity (Wildman–Crippen MR) is 141 cm³/mol. The number of para-hydroxylation sites is 1. The molecule has 0 fully saturated rings. The predicted octanol–water partition coefficient (Wildman–Crippen LogP) is 5.76. The molecule has 1 aromatic heterocycles. The summed E-state index contributed by atoms with van der Waals surface area (Å²) in [5.41, 5.74) is 3.88. The summed E-state index contributed by atoms with van der Waals surface area (Å²) < 4.78 is 6.02. The van der Waals surface area contributed by atoms with Crippen LogP contribution in [0.15, 0.2) is 94.4 Å². The Balaban J connectivity index is 1.30. The van der Waals surface area contributed by atoms with Gasteiger partial charge in [0.1, 0.15) is 5.75 Å². The molecular formula is C26H23N5O2S2. The number of hydrogen-bond acceptors (Lipinski definition) is 8. The van der Waals surface area contributed by atoms with Crippen LogP contribution in [0.5, 0.6) is 5.75 Å². The first-order valence-electron chi connectivity index (χ1n) is 11.1. The van der Waals surface area contributed by atoms with Crippen molar-refractivity contribution < 1.29 is 9.53 Å². The maximum absolute atomic E-state index is 13.3. The third-order valence-corrected chi connectivity index (χ3v) is 7.48. The molecule has 1 unspecified atom stereocenters. The van der Waals surface area contributed by atoms with Gasteiger partial charge >= 0.3 is 0 Å². The zero-order valence-electron chi connectivity index (χ0n) is 19.0. The number of carbonyl (C=O) groups is 1. The van der Waals surface area contributed by atoms with Gasteiger partial charge in [-0.2, -0.15) is 5.10 Å². The Morgan fingerprint density at radius 2 is 1.74 bits per heavy atom. The molecule has 1 aliphatic rings. The van der Waals surface area contributed by atoms with Gasteiger partial charge in [-0.25, -0.2) is 5.01 Å². The van der Waals surface area contributed by atoms with Crippen LogP contribution in [0.2, 0.25) is 0 Å². The van der Waals surface area contributed by atoms with Crippen molar-refractivity contribution in [2.24, 2.45) is 5.10 Å². The van der Waals surface area contributed by atoms with Gasteiger partial charge in [-0.3, -0.25) is 4.79 Å². The van der Waals surface area contributed by atoms with Crippen LogP contribution in [-0.2, 0) is 4.79 Å². The first kappa shape index (κ1) is 23.1. The van der Waals surface area contributed by atoms with Crippen molar-refractivity contribution in [3.63, 3.8) is 0 Å². The lowest BCUT2D eigenvalue weighted by atomic mass is 9.98. The highest BCUT2D eigenvalue weighted by Gasteiger charge is 2.33. The van der Waals surface area contributed by atoms with Gasteiger partial charge in [0.05, 0.1) is 24.6 Å². The number of ether oxygens (including phenoxy) is 1. The summed E-state index contributed by atoms with van der Waals surface area (Å²) >= 11 is 2.79. The number of anilines is 2. The lowest BCUT2D eigenvalue weighted by Gasteiger charge is -2.22. The average molecular weight is 502 g/mol. The van der Waals surface area contributed by atoms with Crippen LogP contribution in [-0.4, -0.2) is 39.7 Å². The van der Waals surface area contributed by atoms with E-state index in [0.29, 0.717) is 11.6 Å². The van der Waals surface area contributed by atoms with Crippen LogP contribution in [0.4, 0.5) is 10.8 Å². The van der Waals surface area contributed by atoms with Gasteiger partial charge < -0.3 is 10.1 Å². The monoisotopic (exact) mass is 501 g/mol. The van der Waals surface area contributed by atoms with Crippen LogP contribution in [0.1, 0.15) is 23.6 Å². The Morgan fingerprint density at radius 3 is 2.46 bits per heavy atom. The molecule has 0 bridgehead atoms. The molecule has 0 aliphatic carbocycles. The minimum Gasteiger partial charge on any atom is -0.497 e. The van der Waals surface area contributed by atoms with E-state index in [0.717, 1.165) is 32.6 Å². The fourth-order valence-electron chi connectivity index (χ4n) is 3.78. The number of methoxy groups -OCH3 is 1. The summed E-state index contributed by atoms with van der Waals surface area (Å²) in [7, 11) is 1.64. The molecular weight excluding hydrogens is 478 g/mol. The first-order valence-corrected chi connectivity index (χ1v) is 12.9. The van der Waals surface area contributed by atoms with Crippen molar-refractivity contribution in [2.75, 3.05) is 18.2 Å². The maximum Gasteiger partial charge on any atom is 0.253 e. The Morgan fingerprint density at radius 1 is 1.03 bits per heavy atom. The van der Waals surface area contributed by atoms with Gasteiger partial charge in [0.15, 0.2) is 4.34 Å². The van der Waals surface area contributed by atoms with Crippen LogP contribution in [0.3, 0.4) is 0 Å². The Bertz CT molecular complexity index is 1310. The molecule has 0 radical (unpaired) electrons. The minimum atomic E-state index is -0.172. The van der Waals surface area contributed by atoms with E-state index in [1.807, 2.05) is 84.9 Å². The third-order valence-electron chi connectivity index (χ3n) is 5.52. The second-order valence-corrected chi connectivity index (χ2v) is 10.00. The van der Waals surface area contributed by atoms with Crippen molar-refractivity contribution in [2.45, 2.75) is 16.8 Å². The fourth-order valence-corrected chi connectivity index (χ4v) is 5.41. The average Bonchev–Trinajstić information content (AvgIpc) is 3.56. The number of amides is 1. The van der Waals surface area contributed by atoms with E-state index in [-0.39, 0.29) is 17.7 Å². The van der Waals surface area contributed by atoms with E-state index >= 15 is 0 Å². The number of aromatic nitrogens is 2. The Labute approximate surface area is 211 Å². The lowest BCUT2D eigenvalue weighted by Crippen LogP contribution is -2.28.